The van der Waals surface area contributed by atoms with E-state index in [0.29, 0.717) is 0 Å². The number of fused-ring (bicyclic) bond motifs is 8. The topological polar surface area (TPSA) is 13.1 Å². The summed E-state index contributed by atoms with van der Waals surface area (Å²) in [6.07, 6.45) is 0.899. The number of para-hydroxylation sites is 1. The van der Waals surface area contributed by atoms with Crippen molar-refractivity contribution in [1.29, 1.82) is 0 Å². The van der Waals surface area contributed by atoms with Crippen LogP contribution in [0.15, 0.2) is 229 Å². The van der Waals surface area contributed by atoms with Gasteiger partial charge in [-0.15, -0.1) is 0 Å². The van der Waals surface area contributed by atoms with Crippen molar-refractivity contribution < 1.29 is 4.42 Å². The lowest BCUT2D eigenvalue weighted by Gasteiger charge is -2.28. The van der Waals surface area contributed by atoms with Crippen molar-refractivity contribution in [1.82, 2.24) is 0 Å². The molecule has 1 nitrogen and oxygen atoms in total. The standard InChI is InChI=1S/C65H50O/c1-42(57(36-43-30-32-47(33-31-43)44-18-7-4-8-19-44)54-27-17-29-62-64(54)56-26-15-16-28-61(56)66-62)48-34-35-55-59(40-48)65(2,3)60-41-58(52-24-13-14-25-53(52)63(55)60)51-38-49(45-20-9-5-10-21-45)37-50(39-51)46-22-11-6-12-23-46/h4-35,37-42,57H,36H2,1-3H3. The first-order chi connectivity index (χ1) is 32.4. The van der Waals surface area contributed by atoms with Crippen LogP contribution in [0.2, 0.25) is 0 Å². The van der Waals surface area contributed by atoms with E-state index in [1.54, 1.807) is 0 Å². The minimum Gasteiger partial charge on any atom is -0.456 e. The Labute approximate surface area is 387 Å². The zero-order chi connectivity index (χ0) is 44.4. The monoisotopic (exact) mass is 846 g/mol. The van der Waals surface area contributed by atoms with Crippen molar-refractivity contribution in [3.05, 3.63) is 252 Å². The lowest BCUT2D eigenvalue weighted by Crippen LogP contribution is -2.17. The van der Waals surface area contributed by atoms with Gasteiger partial charge in [0.2, 0.25) is 0 Å². The molecule has 2 atom stereocenters. The van der Waals surface area contributed by atoms with E-state index in [1.807, 2.05) is 0 Å². The lowest BCUT2D eigenvalue weighted by molar-refractivity contribution is 0.573. The highest BCUT2D eigenvalue weighted by molar-refractivity contribution is 6.10. The summed E-state index contributed by atoms with van der Waals surface area (Å²) in [6.45, 7) is 7.31. The second-order valence-corrected chi connectivity index (χ2v) is 18.8. The highest BCUT2D eigenvalue weighted by atomic mass is 16.3. The van der Waals surface area contributed by atoms with Crippen LogP contribution in [-0.2, 0) is 11.8 Å². The average Bonchev–Trinajstić information content (AvgIpc) is 3.87. The average molecular weight is 847 g/mol. The Morgan fingerprint density at radius 1 is 0.409 bits per heavy atom. The van der Waals surface area contributed by atoms with Gasteiger partial charge in [-0.05, 0) is 149 Å². The molecule has 1 aliphatic carbocycles. The summed E-state index contributed by atoms with van der Waals surface area (Å²) >= 11 is 0. The molecule has 316 valence electrons. The highest BCUT2D eigenvalue weighted by Gasteiger charge is 2.38. The van der Waals surface area contributed by atoms with Gasteiger partial charge in [0.25, 0.3) is 0 Å². The van der Waals surface area contributed by atoms with Crippen molar-refractivity contribution in [3.63, 3.8) is 0 Å². The second-order valence-electron chi connectivity index (χ2n) is 18.8. The van der Waals surface area contributed by atoms with Crippen LogP contribution in [0.4, 0.5) is 0 Å². The summed E-state index contributed by atoms with van der Waals surface area (Å²) in [5.74, 6) is 0.387. The smallest absolute Gasteiger partial charge is 0.135 e. The molecule has 1 heteroatoms. The molecular weight excluding hydrogens is 797 g/mol. The van der Waals surface area contributed by atoms with E-state index in [2.05, 4.69) is 245 Å². The lowest BCUT2D eigenvalue weighted by atomic mass is 9.75. The minimum absolute atomic E-state index is 0.186. The number of hydrogen-bond acceptors (Lipinski definition) is 1. The maximum Gasteiger partial charge on any atom is 0.135 e. The zero-order valence-electron chi connectivity index (χ0n) is 37.6. The van der Waals surface area contributed by atoms with Gasteiger partial charge < -0.3 is 4.42 Å². The Morgan fingerprint density at radius 3 is 1.62 bits per heavy atom. The Balaban J connectivity index is 0.982. The number of benzene rings is 10. The molecule has 0 fully saturated rings. The van der Waals surface area contributed by atoms with E-state index in [9.17, 15) is 0 Å². The molecule has 0 N–H and O–H groups in total. The van der Waals surface area contributed by atoms with Crippen molar-refractivity contribution in [3.8, 4) is 55.6 Å². The molecule has 10 aromatic carbocycles. The Hall–Kier alpha value is -7.74. The van der Waals surface area contributed by atoms with Crippen LogP contribution >= 0.6 is 0 Å². The fraction of sp³-hybridized carbons (Fsp3) is 0.108. The molecule has 11 aromatic rings. The third-order valence-electron chi connectivity index (χ3n) is 14.6. The Kier molecular flexibility index (Phi) is 9.68. The van der Waals surface area contributed by atoms with Crippen LogP contribution in [0, 0.1) is 0 Å². The summed E-state index contributed by atoms with van der Waals surface area (Å²) in [4.78, 5) is 0. The molecular formula is C65H50O. The molecule has 0 spiro atoms. The molecule has 1 heterocycles. The van der Waals surface area contributed by atoms with E-state index >= 15 is 0 Å². The maximum atomic E-state index is 6.50. The van der Waals surface area contributed by atoms with Crippen molar-refractivity contribution in [2.24, 2.45) is 0 Å². The van der Waals surface area contributed by atoms with Crippen LogP contribution in [0.1, 0.15) is 60.4 Å². The molecule has 0 saturated heterocycles. The largest absolute Gasteiger partial charge is 0.456 e. The van der Waals surface area contributed by atoms with Crippen LogP contribution in [0.3, 0.4) is 0 Å². The first-order valence-electron chi connectivity index (χ1n) is 23.4. The van der Waals surface area contributed by atoms with Crippen LogP contribution in [0.5, 0.6) is 0 Å². The quantitative estimate of drug-likeness (QED) is 0.141. The summed E-state index contributed by atoms with van der Waals surface area (Å²) in [6, 6.07) is 82.8. The van der Waals surface area contributed by atoms with Crippen LogP contribution in [0.25, 0.3) is 88.3 Å². The first kappa shape index (κ1) is 39.8. The van der Waals surface area contributed by atoms with Gasteiger partial charge >= 0.3 is 0 Å². The summed E-state index contributed by atoms with van der Waals surface area (Å²) < 4.78 is 6.50. The van der Waals surface area contributed by atoms with Crippen molar-refractivity contribution in [2.45, 2.75) is 44.4 Å². The van der Waals surface area contributed by atoms with Crippen LogP contribution in [-0.4, -0.2) is 0 Å². The summed E-state index contributed by atoms with van der Waals surface area (Å²) in [7, 11) is 0. The number of rotatable bonds is 9. The molecule has 12 rings (SSSR count). The van der Waals surface area contributed by atoms with Gasteiger partial charge in [-0.25, -0.2) is 0 Å². The van der Waals surface area contributed by atoms with E-state index in [4.69, 9.17) is 4.42 Å². The number of hydrogen-bond donors (Lipinski definition) is 0. The second kappa shape index (κ2) is 16.1. The van der Waals surface area contributed by atoms with Gasteiger partial charge in [-0.1, -0.05) is 209 Å². The molecule has 0 saturated carbocycles. The Bertz CT molecular complexity index is 3520. The summed E-state index contributed by atoms with van der Waals surface area (Å²) in [5, 5.41) is 4.99. The molecule has 0 radical (unpaired) electrons. The minimum atomic E-state index is -0.234. The molecule has 2 unspecified atom stereocenters. The fourth-order valence-electron chi connectivity index (χ4n) is 11.1. The third-order valence-corrected chi connectivity index (χ3v) is 14.6. The van der Waals surface area contributed by atoms with Gasteiger partial charge in [0.1, 0.15) is 11.2 Å². The molecule has 1 aliphatic rings. The molecule has 1 aromatic heterocycles. The highest BCUT2D eigenvalue weighted by Crippen LogP contribution is 2.55. The van der Waals surface area contributed by atoms with Crippen molar-refractivity contribution >= 4 is 32.7 Å². The maximum absolute atomic E-state index is 6.50. The zero-order valence-corrected chi connectivity index (χ0v) is 37.6. The normalized spacial score (nSPS) is 13.7. The van der Waals surface area contributed by atoms with Gasteiger partial charge in [0.05, 0.1) is 0 Å². The Morgan fingerprint density at radius 2 is 0.955 bits per heavy atom. The van der Waals surface area contributed by atoms with Gasteiger partial charge in [-0.3, -0.25) is 0 Å². The van der Waals surface area contributed by atoms with Gasteiger partial charge in [0, 0.05) is 16.2 Å². The SMILES string of the molecule is CC(c1ccc2c(c1)C(C)(C)c1cc(-c3cc(-c4ccccc4)cc(-c4ccccc4)c3)c3ccccc3c1-2)C(Cc1ccc(-c2ccccc2)cc1)c1cccc2oc3ccccc3c12. The van der Waals surface area contributed by atoms with E-state index in [0.717, 1.165) is 17.6 Å². The number of furan rings is 1. The molecule has 0 bridgehead atoms. The fourth-order valence-corrected chi connectivity index (χ4v) is 11.1. The van der Waals surface area contributed by atoms with Gasteiger partial charge in [0.15, 0.2) is 0 Å². The molecule has 66 heavy (non-hydrogen) atoms. The van der Waals surface area contributed by atoms with Crippen molar-refractivity contribution in [2.75, 3.05) is 0 Å². The van der Waals surface area contributed by atoms with Crippen LogP contribution < -0.4 is 0 Å². The van der Waals surface area contributed by atoms with Gasteiger partial charge in [-0.2, -0.15) is 0 Å². The predicted molar refractivity (Wildman–Crippen MR) is 278 cm³/mol. The molecule has 0 aliphatic heterocycles. The first-order valence-corrected chi connectivity index (χ1v) is 23.4. The van der Waals surface area contributed by atoms with E-state index in [-0.39, 0.29) is 17.3 Å². The van der Waals surface area contributed by atoms with E-state index < -0.39 is 0 Å². The third kappa shape index (κ3) is 6.77. The predicted octanol–water partition coefficient (Wildman–Crippen LogP) is 17.8. The molecule has 0 amide bonds. The summed E-state index contributed by atoms with van der Waals surface area (Å²) in [5.41, 5.74) is 21.0. The van der Waals surface area contributed by atoms with E-state index in [1.165, 1.54) is 105 Å².